The third-order valence-corrected chi connectivity index (χ3v) is 6.02. The van der Waals surface area contributed by atoms with Gasteiger partial charge in [0.15, 0.2) is 0 Å². The minimum atomic E-state index is -0.999. The van der Waals surface area contributed by atoms with Gasteiger partial charge in [-0.3, -0.25) is 4.79 Å². The molecule has 0 N–H and O–H groups in total. The van der Waals surface area contributed by atoms with Crippen molar-refractivity contribution in [1.82, 2.24) is 24.5 Å². The molecular formula is C23H20F3N5O2. The molecule has 10 heteroatoms. The van der Waals surface area contributed by atoms with Crippen molar-refractivity contribution in [3.05, 3.63) is 82.4 Å². The van der Waals surface area contributed by atoms with E-state index in [9.17, 15) is 18.0 Å². The van der Waals surface area contributed by atoms with Crippen LogP contribution in [0.3, 0.4) is 0 Å². The lowest BCUT2D eigenvalue weighted by atomic mass is 9.93. The molecule has 7 nitrogen and oxygen atoms in total. The van der Waals surface area contributed by atoms with Gasteiger partial charge in [0.05, 0.1) is 42.1 Å². The number of fused-ring (bicyclic) bond motifs is 1. The maximum Gasteiger partial charge on any atom is 0.280 e. The summed E-state index contributed by atoms with van der Waals surface area (Å²) in [6, 6.07) is 6.53. The summed E-state index contributed by atoms with van der Waals surface area (Å²) in [5.74, 6) is -2.46. The molecule has 0 radical (unpaired) electrons. The number of halogens is 3. The molecule has 1 fully saturated rings. The average molecular weight is 455 g/mol. The Balaban J connectivity index is 1.36. The van der Waals surface area contributed by atoms with Gasteiger partial charge < -0.3 is 9.30 Å². The number of hydrogen-bond donors (Lipinski definition) is 0. The first-order chi connectivity index (χ1) is 16.0. The zero-order valence-corrected chi connectivity index (χ0v) is 17.5. The van der Waals surface area contributed by atoms with Crippen LogP contribution in [0, 0.1) is 17.5 Å². The highest BCUT2D eigenvalue weighted by Crippen LogP contribution is 2.31. The van der Waals surface area contributed by atoms with Gasteiger partial charge in [0.1, 0.15) is 23.2 Å². The van der Waals surface area contributed by atoms with E-state index in [0.717, 1.165) is 25.7 Å². The van der Waals surface area contributed by atoms with Crippen LogP contribution in [-0.4, -0.2) is 30.6 Å². The molecule has 2 heterocycles. The summed E-state index contributed by atoms with van der Waals surface area (Å²) in [4.78, 5) is 16.2. The first-order valence-electron chi connectivity index (χ1n) is 10.6. The monoisotopic (exact) mass is 455 g/mol. The van der Waals surface area contributed by atoms with Gasteiger partial charge in [-0.05, 0) is 43.9 Å². The van der Waals surface area contributed by atoms with Crippen molar-refractivity contribution in [1.29, 1.82) is 0 Å². The van der Waals surface area contributed by atoms with E-state index >= 15 is 0 Å². The van der Waals surface area contributed by atoms with Crippen molar-refractivity contribution in [3.8, 4) is 5.75 Å². The Labute approximate surface area is 186 Å². The second-order valence-corrected chi connectivity index (χ2v) is 8.14. The van der Waals surface area contributed by atoms with Crippen molar-refractivity contribution < 1.29 is 17.9 Å². The van der Waals surface area contributed by atoms with Gasteiger partial charge in [-0.2, -0.15) is 4.98 Å². The van der Waals surface area contributed by atoms with E-state index in [2.05, 4.69) is 15.3 Å². The molecule has 0 unspecified atom stereocenters. The van der Waals surface area contributed by atoms with Crippen molar-refractivity contribution in [2.45, 2.75) is 44.4 Å². The molecule has 1 aliphatic carbocycles. The van der Waals surface area contributed by atoms with E-state index in [1.165, 1.54) is 10.9 Å². The van der Waals surface area contributed by atoms with Crippen molar-refractivity contribution in [2.24, 2.45) is 0 Å². The Hall–Kier alpha value is -3.69. The molecule has 2 aromatic carbocycles. The van der Waals surface area contributed by atoms with E-state index in [1.54, 1.807) is 24.4 Å². The Kier molecular flexibility index (Phi) is 5.57. The van der Waals surface area contributed by atoms with Crippen LogP contribution in [0.4, 0.5) is 13.2 Å². The third-order valence-electron chi connectivity index (χ3n) is 6.02. The summed E-state index contributed by atoms with van der Waals surface area (Å²) in [5, 5.41) is 8.19. The normalized spacial score (nSPS) is 18.5. The zero-order valence-electron chi connectivity index (χ0n) is 17.5. The third kappa shape index (κ3) is 4.33. The number of aromatic nitrogens is 5. The molecule has 0 atom stereocenters. The molecule has 0 bridgehead atoms. The summed E-state index contributed by atoms with van der Waals surface area (Å²) in [7, 11) is 0. The topological polar surface area (TPSA) is 74.8 Å². The summed E-state index contributed by atoms with van der Waals surface area (Å²) >= 11 is 0. The highest BCUT2D eigenvalue weighted by molar-refractivity contribution is 5.79. The molecule has 5 rings (SSSR count). The van der Waals surface area contributed by atoms with Gasteiger partial charge in [0, 0.05) is 23.9 Å². The Morgan fingerprint density at radius 1 is 1.03 bits per heavy atom. The van der Waals surface area contributed by atoms with Gasteiger partial charge in [-0.1, -0.05) is 5.21 Å². The van der Waals surface area contributed by atoms with Crippen LogP contribution < -0.4 is 10.3 Å². The number of nitrogens with zero attached hydrogens (tertiary/aromatic N) is 5. The summed E-state index contributed by atoms with van der Waals surface area (Å²) in [6.07, 6.45) is 8.23. The largest absolute Gasteiger partial charge is 0.490 e. The molecule has 0 spiro atoms. The fraction of sp³-hybridized carbons (Fsp3) is 0.304. The molecule has 0 saturated heterocycles. The molecule has 4 aromatic rings. The maximum absolute atomic E-state index is 14.1. The van der Waals surface area contributed by atoms with Crippen LogP contribution in [0.15, 0.2) is 53.8 Å². The first kappa shape index (κ1) is 21.2. The summed E-state index contributed by atoms with van der Waals surface area (Å²) < 4.78 is 50.9. The standard InChI is InChI=1S/C23H20F3N5O2/c24-14-9-20(25)19(21(26)10-14)12-30-13-27-23(32)18-11-17(5-6-22(18)30)33-16-3-1-15(2-4-16)31-8-7-28-29-31/h5-11,13,15-16H,1-4,12H2. The molecule has 0 aliphatic heterocycles. The van der Waals surface area contributed by atoms with Crippen molar-refractivity contribution in [2.75, 3.05) is 0 Å². The second-order valence-electron chi connectivity index (χ2n) is 8.14. The van der Waals surface area contributed by atoms with Crippen LogP contribution in [-0.2, 0) is 6.54 Å². The maximum atomic E-state index is 14.1. The van der Waals surface area contributed by atoms with E-state index in [4.69, 9.17) is 4.74 Å². The zero-order chi connectivity index (χ0) is 22.9. The molecule has 2 aromatic heterocycles. The molecule has 1 saturated carbocycles. The SMILES string of the molecule is O=c1ncn(Cc2c(F)cc(F)cc2F)c2ccc(OC3CCC(n4ccnn4)CC3)cc12. The smallest absolute Gasteiger partial charge is 0.280 e. The van der Waals surface area contributed by atoms with E-state index in [1.807, 2.05) is 10.9 Å². The predicted molar refractivity (Wildman–Crippen MR) is 113 cm³/mol. The van der Waals surface area contributed by atoms with Crippen LogP contribution in [0.25, 0.3) is 10.9 Å². The fourth-order valence-electron chi connectivity index (χ4n) is 4.32. The highest BCUT2D eigenvalue weighted by Gasteiger charge is 2.24. The van der Waals surface area contributed by atoms with Gasteiger partial charge in [-0.15, -0.1) is 5.10 Å². The Bertz CT molecular complexity index is 1330. The van der Waals surface area contributed by atoms with Gasteiger partial charge >= 0.3 is 0 Å². The number of hydrogen-bond acceptors (Lipinski definition) is 5. The van der Waals surface area contributed by atoms with E-state index in [0.29, 0.717) is 29.4 Å². The van der Waals surface area contributed by atoms with Gasteiger partial charge in [0.25, 0.3) is 5.56 Å². The van der Waals surface area contributed by atoms with E-state index < -0.39 is 23.0 Å². The lowest BCUT2D eigenvalue weighted by Gasteiger charge is -2.28. The fourth-order valence-corrected chi connectivity index (χ4v) is 4.32. The highest BCUT2D eigenvalue weighted by atomic mass is 19.1. The average Bonchev–Trinajstić information content (AvgIpc) is 3.33. The minimum absolute atomic E-state index is 0.00326. The van der Waals surface area contributed by atoms with Crippen LogP contribution in [0.2, 0.25) is 0 Å². The van der Waals surface area contributed by atoms with Gasteiger partial charge in [-0.25, -0.2) is 17.9 Å². The second kappa shape index (κ2) is 8.68. The molecule has 0 amide bonds. The number of benzene rings is 2. The van der Waals surface area contributed by atoms with Crippen LogP contribution in [0.1, 0.15) is 37.3 Å². The molecule has 1 aliphatic rings. The Morgan fingerprint density at radius 2 is 1.79 bits per heavy atom. The lowest BCUT2D eigenvalue weighted by Crippen LogP contribution is -2.26. The number of rotatable bonds is 5. The van der Waals surface area contributed by atoms with Crippen LogP contribution in [0.5, 0.6) is 5.75 Å². The van der Waals surface area contributed by atoms with Gasteiger partial charge in [0.2, 0.25) is 0 Å². The molecule has 170 valence electrons. The van der Waals surface area contributed by atoms with Crippen LogP contribution >= 0.6 is 0 Å². The number of ether oxygens (including phenoxy) is 1. The molecule has 33 heavy (non-hydrogen) atoms. The van der Waals surface area contributed by atoms with Crippen molar-refractivity contribution in [3.63, 3.8) is 0 Å². The predicted octanol–water partition coefficient (Wildman–Crippen LogP) is 4.02. The first-order valence-corrected chi connectivity index (χ1v) is 10.6. The summed E-state index contributed by atoms with van der Waals surface area (Å²) in [6.45, 7) is -0.242. The van der Waals surface area contributed by atoms with E-state index in [-0.39, 0.29) is 23.6 Å². The minimum Gasteiger partial charge on any atom is -0.490 e. The Morgan fingerprint density at radius 3 is 2.48 bits per heavy atom. The summed E-state index contributed by atoms with van der Waals surface area (Å²) in [5.41, 5.74) is -0.338. The molecular weight excluding hydrogens is 435 g/mol. The lowest BCUT2D eigenvalue weighted by molar-refractivity contribution is 0.129. The van der Waals surface area contributed by atoms with Crippen molar-refractivity contribution >= 4 is 10.9 Å². The quantitative estimate of drug-likeness (QED) is 0.455.